The molecular formula is C8H14ClNO2. The van der Waals surface area contributed by atoms with Crippen LogP contribution in [0.1, 0.15) is 12.8 Å². The monoisotopic (exact) mass is 191 g/mol. The molecule has 0 atom stereocenters. The maximum Gasteiger partial charge on any atom is 0.313 e. The highest BCUT2D eigenvalue weighted by Gasteiger charge is 2.49. The van der Waals surface area contributed by atoms with Gasteiger partial charge in [0.05, 0.1) is 12.5 Å². The molecule has 2 aliphatic rings. The van der Waals surface area contributed by atoms with Crippen molar-refractivity contribution in [1.29, 1.82) is 0 Å². The minimum atomic E-state index is -0.116. The molecule has 2 saturated heterocycles. The van der Waals surface area contributed by atoms with Crippen molar-refractivity contribution in [2.75, 3.05) is 26.7 Å². The SMILES string of the molecule is COC(=O)C12CCN(CC1)C2.Cl. The Morgan fingerprint density at radius 2 is 2.00 bits per heavy atom. The van der Waals surface area contributed by atoms with Gasteiger partial charge in [-0.05, 0) is 25.9 Å². The Morgan fingerprint density at radius 3 is 2.33 bits per heavy atom. The molecule has 2 bridgehead atoms. The molecule has 2 fully saturated rings. The van der Waals surface area contributed by atoms with Crippen molar-refractivity contribution >= 4 is 18.4 Å². The lowest BCUT2D eigenvalue weighted by Crippen LogP contribution is -2.30. The van der Waals surface area contributed by atoms with Crippen molar-refractivity contribution in [2.24, 2.45) is 5.41 Å². The number of methoxy groups -OCH3 is 1. The van der Waals surface area contributed by atoms with Crippen LogP contribution in [0.25, 0.3) is 0 Å². The Kier molecular flexibility index (Phi) is 2.64. The quantitative estimate of drug-likeness (QED) is 0.571. The highest BCUT2D eigenvalue weighted by atomic mass is 35.5. The lowest BCUT2D eigenvalue weighted by atomic mass is 9.85. The van der Waals surface area contributed by atoms with Gasteiger partial charge in [0.2, 0.25) is 0 Å². The van der Waals surface area contributed by atoms with Gasteiger partial charge < -0.3 is 9.64 Å². The third kappa shape index (κ3) is 1.21. The van der Waals surface area contributed by atoms with Crippen molar-refractivity contribution in [3.63, 3.8) is 0 Å². The Bertz CT molecular complexity index is 187. The average molecular weight is 192 g/mol. The first-order chi connectivity index (χ1) is 5.27. The second-order valence-electron chi connectivity index (χ2n) is 3.55. The highest BCUT2D eigenvalue weighted by Crippen LogP contribution is 2.41. The molecule has 2 rings (SSSR count). The fourth-order valence-electron chi connectivity index (χ4n) is 2.21. The van der Waals surface area contributed by atoms with E-state index in [9.17, 15) is 4.79 Å². The molecule has 70 valence electrons. The summed E-state index contributed by atoms with van der Waals surface area (Å²) in [5.41, 5.74) is -0.116. The number of piperidine rings is 1. The fraction of sp³-hybridized carbons (Fsp3) is 0.875. The summed E-state index contributed by atoms with van der Waals surface area (Å²) in [5.74, 6) is -0.00231. The molecule has 12 heavy (non-hydrogen) atoms. The Hall–Kier alpha value is -0.280. The van der Waals surface area contributed by atoms with Crippen LogP contribution in [0.5, 0.6) is 0 Å². The number of carbonyl (C=O) groups excluding carboxylic acids is 1. The summed E-state index contributed by atoms with van der Waals surface area (Å²) in [7, 11) is 1.48. The van der Waals surface area contributed by atoms with Crippen LogP contribution in [0, 0.1) is 5.41 Å². The van der Waals surface area contributed by atoms with E-state index in [-0.39, 0.29) is 23.8 Å². The van der Waals surface area contributed by atoms with Gasteiger partial charge in [-0.15, -0.1) is 12.4 Å². The number of rotatable bonds is 1. The Morgan fingerprint density at radius 1 is 1.42 bits per heavy atom. The van der Waals surface area contributed by atoms with E-state index in [0.717, 1.165) is 32.5 Å². The zero-order valence-electron chi connectivity index (χ0n) is 7.21. The van der Waals surface area contributed by atoms with Crippen LogP contribution < -0.4 is 0 Å². The molecular weight excluding hydrogens is 178 g/mol. The largest absolute Gasteiger partial charge is 0.469 e. The number of ether oxygens (including phenoxy) is 1. The van der Waals surface area contributed by atoms with Gasteiger partial charge in [-0.1, -0.05) is 0 Å². The van der Waals surface area contributed by atoms with Gasteiger partial charge in [0, 0.05) is 6.54 Å². The molecule has 4 heteroatoms. The number of hydrogen-bond acceptors (Lipinski definition) is 3. The molecule has 0 N–H and O–H groups in total. The first-order valence-electron chi connectivity index (χ1n) is 4.08. The summed E-state index contributed by atoms with van der Waals surface area (Å²) < 4.78 is 4.79. The third-order valence-electron chi connectivity index (χ3n) is 2.96. The maximum atomic E-state index is 11.3. The first-order valence-corrected chi connectivity index (χ1v) is 4.08. The number of esters is 1. The number of hydrogen-bond donors (Lipinski definition) is 0. The predicted octanol–water partition coefficient (Wildman–Crippen LogP) is 0.677. The fourth-order valence-corrected chi connectivity index (χ4v) is 2.21. The summed E-state index contributed by atoms with van der Waals surface area (Å²) in [5, 5.41) is 0. The van der Waals surface area contributed by atoms with E-state index < -0.39 is 0 Å². The summed E-state index contributed by atoms with van der Waals surface area (Å²) in [6.45, 7) is 3.09. The predicted molar refractivity (Wildman–Crippen MR) is 47.4 cm³/mol. The topological polar surface area (TPSA) is 29.5 Å². The molecule has 0 aliphatic carbocycles. The normalized spacial score (nSPS) is 37.6. The van der Waals surface area contributed by atoms with Gasteiger partial charge in [-0.25, -0.2) is 0 Å². The zero-order chi connectivity index (χ0) is 7.90. The number of halogens is 1. The van der Waals surface area contributed by atoms with Crippen LogP contribution in [0.15, 0.2) is 0 Å². The molecule has 0 radical (unpaired) electrons. The summed E-state index contributed by atoms with van der Waals surface area (Å²) in [6, 6.07) is 0. The van der Waals surface area contributed by atoms with Crippen LogP contribution in [0.2, 0.25) is 0 Å². The first kappa shape index (κ1) is 9.81. The molecule has 0 amide bonds. The Balaban J connectivity index is 0.000000720. The molecule has 0 spiro atoms. The van der Waals surface area contributed by atoms with Crippen LogP contribution >= 0.6 is 12.4 Å². The van der Waals surface area contributed by atoms with Crippen molar-refractivity contribution < 1.29 is 9.53 Å². The standard InChI is InChI=1S/C8H13NO2.ClH/c1-11-7(10)8-2-4-9(6-8)5-3-8;/h2-6H2,1H3;1H. The second-order valence-corrected chi connectivity index (χ2v) is 3.55. The lowest BCUT2D eigenvalue weighted by molar-refractivity contribution is -0.151. The molecule has 0 aromatic carbocycles. The number of carbonyl (C=O) groups is 1. The molecule has 2 aliphatic heterocycles. The van der Waals surface area contributed by atoms with Gasteiger partial charge in [-0.2, -0.15) is 0 Å². The minimum absolute atomic E-state index is 0. The lowest BCUT2D eigenvalue weighted by Gasteiger charge is -2.21. The number of nitrogens with zero attached hydrogens (tertiary/aromatic N) is 1. The minimum Gasteiger partial charge on any atom is -0.469 e. The molecule has 3 nitrogen and oxygen atoms in total. The van der Waals surface area contributed by atoms with Crippen molar-refractivity contribution in [3.05, 3.63) is 0 Å². The number of fused-ring (bicyclic) bond motifs is 2. The second kappa shape index (κ2) is 3.23. The van der Waals surface area contributed by atoms with Crippen LogP contribution in [0.4, 0.5) is 0 Å². The highest BCUT2D eigenvalue weighted by molar-refractivity contribution is 5.85. The van der Waals surface area contributed by atoms with E-state index >= 15 is 0 Å². The van der Waals surface area contributed by atoms with Crippen LogP contribution in [-0.4, -0.2) is 37.6 Å². The molecule has 0 saturated carbocycles. The van der Waals surface area contributed by atoms with E-state index in [0.29, 0.717) is 0 Å². The van der Waals surface area contributed by atoms with Crippen molar-refractivity contribution in [2.45, 2.75) is 12.8 Å². The van der Waals surface area contributed by atoms with Gasteiger partial charge in [0.25, 0.3) is 0 Å². The molecule has 0 aromatic rings. The van der Waals surface area contributed by atoms with Crippen molar-refractivity contribution in [1.82, 2.24) is 4.90 Å². The summed E-state index contributed by atoms with van der Waals surface area (Å²) in [6.07, 6.45) is 2.00. The van der Waals surface area contributed by atoms with Crippen molar-refractivity contribution in [3.8, 4) is 0 Å². The van der Waals surface area contributed by atoms with E-state index in [4.69, 9.17) is 4.74 Å². The van der Waals surface area contributed by atoms with Gasteiger partial charge in [-0.3, -0.25) is 4.79 Å². The molecule has 0 aromatic heterocycles. The Labute approximate surface area is 78.5 Å². The maximum absolute atomic E-state index is 11.3. The van der Waals surface area contributed by atoms with E-state index in [1.807, 2.05) is 0 Å². The molecule has 0 unspecified atom stereocenters. The van der Waals surface area contributed by atoms with E-state index in [2.05, 4.69) is 4.90 Å². The van der Waals surface area contributed by atoms with Crippen LogP contribution in [0.3, 0.4) is 0 Å². The van der Waals surface area contributed by atoms with E-state index in [1.54, 1.807) is 0 Å². The zero-order valence-corrected chi connectivity index (χ0v) is 8.02. The summed E-state index contributed by atoms with van der Waals surface area (Å²) >= 11 is 0. The van der Waals surface area contributed by atoms with Gasteiger partial charge in [0.15, 0.2) is 0 Å². The van der Waals surface area contributed by atoms with Gasteiger partial charge >= 0.3 is 5.97 Å². The molecule has 2 heterocycles. The smallest absolute Gasteiger partial charge is 0.313 e. The third-order valence-corrected chi connectivity index (χ3v) is 2.96. The van der Waals surface area contributed by atoms with Gasteiger partial charge in [0.1, 0.15) is 0 Å². The van der Waals surface area contributed by atoms with E-state index in [1.165, 1.54) is 7.11 Å². The average Bonchev–Trinajstić information content (AvgIpc) is 2.62. The summed E-state index contributed by atoms with van der Waals surface area (Å²) in [4.78, 5) is 13.7. The van der Waals surface area contributed by atoms with Crippen LogP contribution in [-0.2, 0) is 9.53 Å².